The van der Waals surface area contributed by atoms with E-state index in [1.54, 1.807) is 36.5 Å². The predicted molar refractivity (Wildman–Crippen MR) is 123 cm³/mol. The Morgan fingerprint density at radius 3 is 2.70 bits per heavy atom. The lowest BCUT2D eigenvalue weighted by Gasteiger charge is -2.32. The average Bonchev–Trinajstić information content (AvgIpc) is 3.50. The number of nitrogens with one attached hydrogen (secondary N) is 1. The summed E-state index contributed by atoms with van der Waals surface area (Å²) in [4.78, 5) is 15.1. The first-order valence-electron chi connectivity index (χ1n) is 11.0. The Morgan fingerprint density at radius 1 is 1.09 bits per heavy atom. The van der Waals surface area contributed by atoms with Crippen LogP contribution in [0.1, 0.15) is 34.8 Å². The molecule has 8 heteroatoms. The van der Waals surface area contributed by atoms with Gasteiger partial charge in [-0.05, 0) is 48.7 Å². The molecule has 0 radical (unpaired) electrons. The molecule has 7 nitrogen and oxygen atoms in total. The molecule has 1 aromatic heterocycles. The van der Waals surface area contributed by atoms with Crippen LogP contribution in [0, 0.1) is 5.82 Å². The molecule has 1 amide bonds. The molecule has 5 rings (SSSR count). The number of hydrogen-bond acceptors (Lipinski definition) is 5. The van der Waals surface area contributed by atoms with Crippen molar-refractivity contribution in [3.8, 4) is 11.5 Å². The third-order valence-corrected chi connectivity index (χ3v) is 5.99. The van der Waals surface area contributed by atoms with Crippen LogP contribution in [0.2, 0.25) is 0 Å². The minimum Gasteiger partial charge on any atom is -0.454 e. The van der Waals surface area contributed by atoms with Crippen molar-refractivity contribution in [2.24, 2.45) is 0 Å². The lowest BCUT2D eigenvalue weighted by molar-refractivity contribution is 0.102. The SMILES string of the molecule is O=C(Nc1ccnn1C1CCN(C/C=C/c2ccc(F)cc2)CC1)c1ccc2c(c1)OCO2. The second-order valence-corrected chi connectivity index (χ2v) is 8.17. The highest BCUT2D eigenvalue weighted by atomic mass is 19.1. The lowest BCUT2D eigenvalue weighted by Crippen LogP contribution is -2.35. The molecule has 0 aliphatic carbocycles. The fourth-order valence-corrected chi connectivity index (χ4v) is 4.19. The monoisotopic (exact) mass is 448 g/mol. The Kier molecular flexibility index (Phi) is 6.08. The molecule has 2 aliphatic heterocycles. The average molecular weight is 448 g/mol. The van der Waals surface area contributed by atoms with Crippen molar-refractivity contribution in [3.63, 3.8) is 0 Å². The molecule has 0 saturated carbocycles. The van der Waals surface area contributed by atoms with Crippen LogP contribution in [0.5, 0.6) is 11.5 Å². The van der Waals surface area contributed by atoms with Gasteiger partial charge in [0.1, 0.15) is 11.6 Å². The maximum atomic E-state index is 13.0. The maximum Gasteiger partial charge on any atom is 0.256 e. The number of anilines is 1. The quantitative estimate of drug-likeness (QED) is 0.607. The number of benzene rings is 2. The standard InChI is InChI=1S/C25H25FN4O3/c26-20-6-3-18(4-7-20)2-1-13-29-14-10-21(11-15-29)30-24(9-12-27-30)28-25(31)19-5-8-22-23(16-19)33-17-32-22/h1-9,12,16,21H,10-11,13-15,17H2,(H,28,31)/b2-1+. The van der Waals surface area contributed by atoms with E-state index in [-0.39, 0.29) is 24.6 Å². The van der Waals surface area contributed by atoms with Crippen LogP contribution in [-0.4, -0.2) is 47.0 Å². The van der Waals surface area contributed by atoms with E-state index < -0.39 is 0 Å². The van der Waals surface area contributed by atoms with E-state index >= 15 is 0 Å². The van der Waals surface area contributed by atoms with E-state index in [4.69, 9.17) is 9.47 Å². The van der Waals surface area contributed by atoms with Crippen LogP contribution < -0.4 is 14.8 Å². The fourth-order valence-electron chi connectivity index (χ4n) is 4.19. The fraction of sp³-hybridized carbons (Fsp3) is 0.280. The number of ether oxygens (including phenoxy) is 2. The number of piperidine rings is 1. The summed E-state index contributed by atoms with van der Waals surface area (Å²) in [6, 6.07) is 13.7. The molecule has 3 aromatic rings. The highest BCUT2D eigenvalue weighted by Gasteiger charge is 2.23. The van der Waals surface area contributed by atoms with Gasteiger partial charge in [0.05, 0.1) is 12.2 Å². The molecule has 170 valence electrons. The second-order valence-electron chi connectivity index (χ2n) is 8.17. The molecular weight excluding hydrogens is 423 g/mol. The number of aromatic nitrogens is 2. The molecule has 0 bridgehead atoms. The van der Waals surface area contributed by atoms with Gasteiger partial charge in [0.2, 0.25) is 6.79 Å². The van der Waals surface area contributed by atoms with Crippen LogP contribution in [-0.2, 0) is 0 Å². The molecule has 2 aliphatic rings. The van der Waals surface area contributed by atoms with Crippen LogP contribution in [0.4, 0.5) is 10.2 Å². The highest BCUT2D eigenvalue weighted by Crippen LogP contribution is 2.33. The second kappa shape index (κ2) is 9.46. The molecule has 1 saturated heterocycles. The van der Waals surface area contributed by atoms with Crippen molar-refractivity contribution in [3.05, 3.63) is 77.7 Å². The van der Waals surface area contributed by atoms with Crippen LogP contribution in [0.15, 0.2) is 60.8 Å². The zero-order valence-electron chi connectivity index (χ0n) is 18.1. The molecule has 0 atom stereocenters. The van der Waals surface area contributed by atoms with E-state index in [1.165, 1.54) is 12.1 Å². The van der Waals surface area contributed by atoms with E-state index in [9.17, 15) is 9.18 Å². The molecular formula is C25H25FN4O3. The van der Waals surface area contributed by atoms with Gasteiger partial charge in [-0.3, -0.25) is 9.69 Å². The minimum absolute atomic E-state index is 0.175. The smallest absolute Gasteiger partial charge is 0.256 e. The molecule has 0 unspecified atom stereocenters. The summed E-state index contributed by atoms with van der Waals surface area (Å²) in [6.07, 6.45) is 7.73. The Balaban J connectivity index is 1.15. The van der Waals surface area contributed by atoms with Crippen molar-refractivity contribution in [1.29, 1.82) is 0 Å². The number of carbonyl (C=O) groups is 1. The van der Waals surface area contributed by atoms with Gasteiger partial charge in [-0.25, -0.2) is 9.07 Å². The first-order valence-corrected chi connectivity index (χ1v) is 11.0. The zero-order valence-corrected chi connectivity index (χ0v) is 18.1. The van der Waals surface area contributed by atoms with Crippen LogP contribution >= 0.6 is 0 Å². The molecule has 33 heavy (non-hydrogen) atoms. The van der Waals surface area contributed by atoms with E-state index in [0.717, 1.165) is 38.0 Å². The van der Waals surface area contributed by atoms with E-state index in [0.29, 0.717) is 22.9 Å². The van der Waals surface area contributed by atoms with Crippen molar-refractivity contribution in [2.75, 3.05) is 31.7 Å². The largest absolute Gasteiger partial charge is 0.454 e. The summed E-state index contributed by atoms with van der Waals surface area (Å²) in [5, 5.41) is 7.45. The number of amides is 1. The maximum absolute atomic E-state index is 13.0. The molecule has 0 spiro atoms. The van der Waals surface area contributed by atoms with Gasteiger partial charge >= 0.3 is 0 Å². The highest BCUT2D eigenvalue weighted by molar-refractivity contribution is 6.04. The molecule has 1 fully saturated rings. The van der Waals surface area contributed by atoms with Gasteiger partial charge in [0, 0.05) is 31.3 Å². The van der Waals surface area contributed by atoms with Gasteiger partial charge in [0.25, 0.3) is 5.91 Å². The number of fused-ring (bicyclic) bond motifs is 1. The van der Waals surface area contributed by atoms with Crippen LogP contribution in [0.3, 0.4) is 0 Å². The van der Waals surface area contributed by atoms with E-state index in [2.05, 4.69) is 21.4 Å². The molecule has 3 heterocycles. The van der Waals surface area contributed by atoms with Crippen molar-refractivity contribution in [1.82, 2.24) is 14.7 Å². The van der Waals surface area contributed by atoms with Gasteiger partial charge in [-0.2, -0.15) is 5.10 Å². The van der Waals surface area contributed by atoms with E-state index in [1.807, 2.05) is 16.8 Å². The Morgan fingerprint density at radius 2 is 1.88 bits per heavy atom. The number of nitrogens with zero attached hydrogens (tertiary/aromatic N) is 3. The summed E-state index contributed by atoms with van der Waals surface area (Å²) in [7, 11) is 0. The normalized spacial score (nSPS) is 16.4. The Hall–Kier alpha value is -3.65. The first kappa shape index (κ1) is 21.2. The Bertz CT molecular complexity index is 1150. The third kappa shape index (κ3) is 4.90. The topological polar surface area (TPSA) is 68.6 Å². The first-order chi connectivity index (χ1) is 16.2. The van der Waals surface area contributed by atoms with Gasteiger partial charge in [-0.15, -0.1) is 0 Å². The number of hydrogen-bond donors (Lipinski definition) is 1. The molecule has 2 aromatic carbocycles. The predicted octanol–water partition coefficient (Wildman–Crippen LogP) is 4.35. The number of carbonyl (C=O) groups excluding carboxylic acids is 1. The van der Waals surface area contributed by atoms with Crippen molar-refractivity contribution < 1.29 is 18.7 Å². The summed E-state index contributed by atoms with van der Waals surface area (Å²) >= 11 is 0. The molecule has 1 N–H and O–H groups in total. The number of rotatable bonds is 6. The van der Waals surface area contributed by atoms with Crippen molar-refractivity contribution in [2.45, 2.75) is 18.9 Å². The summed E-state index contributed by atoms with van der Waals surface area (Å²) in [5.41, 5.74) is 1.50. The van der Waals surface area contributed by atoms with Crippen LogP contribution in [0.25, 0.3) is 6.08 Å². The van der Waals surface area contributed by atoms with Gasteiger partial charge in [0.15, 0.2) is 11.5 Å². The number of likely N-dealkylation sites (tertiary alicyclic amines) is 1. The zero-order chi connectivity index (χ0) is 22.6. The Labute approximate surface area is 191 Å². The van der Waals surface area contributed by atoms with Crippen molar-refractivity contribution >= 4 is 17.8 Å². The summed E-state index contributed by atoms with van der Waals surface area (Å²) in [5.74, 6) is 1.48. The van der Waals surface area contributed by atoms with Gasteiger partial charge < -0.3 is 14.8 Å². The number of halogens is 1. The third-order valence-electron chi connectivity index (χ3n) is 5.99. The minimum atomic E-state index is -0.223. The summed E-state index contributed by atoms with van der Waals surface area (Å²) in [6.45, 7) is 2.90. The van der Waals surface area contributed by atoms with Gasteiger partial charge in [-0.1, -0.05) is 24.3 Å². The summed E-state index contributed by atoms with van der Waals surface area (Å²) < 4.78 is 25.6. The lowest BCUT2D eigenvalue weighted by atomic mass is 10.1.